The summed E-state index contributed by atoms with van der Waals surface area (Å²) in [6, 6.07) is 8.61. The Bertz CT molecular complexity index is 501. The van der Waals surface area contributed by atoms with Crippen molar-refractivity contribution in [3.8, 4) is 0 Å². The van der Waals surface area contributed by atoms with Gasteiger partial charge in [0.1, 0.15) is 0 Å². The van der Waals surface area contributed by atoms with Crippen LogP contribution in [0.25, 0.3) is 10.9 Å². The van der Waals surface area contributed by atoms with Gasteiger partial charge in [-0.05, 0) is 45.2 Å². The summed E-state index contributed by atoms with van der Waals surface area (Å²) in [6.07, 6.45) is 3.44. The standard InChI is InChI=1S/C15H23N3/c1-16-9-6-10-17(2)11-13-12-18(3)15-8-5-4-7-14(13)15/h4-5,7-8,12,16H,6,9-11H2,1-3H3. The highest BCUT2D eigenvalue weighted by Gasteiger charge is 2.07. The summed E-state index contributed by atoms with van der Waals surface area (Å²) in [5, 5.41) is 4.57. The molecule has 1 aromatic heterocycles. The molecule has 0 bridgehead atoms. The zero-order chi connectivity index (χ0) is 13.0. The number of rotatable bonds is 6. The zero-order valence-corrected chi connectivity index (χ0v) is 11.6. The summed E-state index contributed by atoms with van der Waals surface area (Å²) in [5.41, 5.74) is 2.73. The molecule has 0 aliphatic rings. The smallest absolute Gasteiger partial charge is 0.0481 e. The van der Waals surface area contributed by atoms with Crippen LogP contribution < -0.4 is 5.32 Å². The Kier molecular flexibility index (Phi) is 4.39. The summed E-state index contributed by atoms with van der Waals surface area (Å²) < 4.78 is 2.21. The summed E-state index contributed by atoms with van der Waals surface area (Å²) >= 11 is 0. The van der Waals surface area contributed by atoms with Gasteiger partial charge in [0.05, 0.1) is 0 Å². The number of benzene rings is 1. The second-order valence-electron chi connectivity index (χ2n) is 4.98. The van der Waals surface area contributed by atoms with Gasteiger partial charge in [-0.2, -0.15) is 0 Å². The molecule has 98 valence electrons. The Balaban J connectivity index is 2.07. The van der Waals surface area contributed by atoms with Crippen molar-refractivity contribution in [3.63, 3.8) is 0 Å². The molecule has 0 aliphatic carbocycles. The molecule has 3 nitrogen and oxygen atoms in total. The third-order valence-electron chi connectivity index (χ3n) is 3.39. The average molecular weight is 245 g/mol. The van der Waals surface area contributed by atoms with Crippen LogP contribution in [0.15, 0.2) is 30.5 Å². The van der Waals surface area contributed by atoms with E-state index in [1.54, 1.807) is 0 Å². The van der Waals surface area contributed by atoms with Crippen molar-refractivity contribution < 1.29 is 0 Å². The van der Waals surface area contributed by atoms with Crippen molar-refractivity contribution >= 4 is 10.9 Å². The van der Waals surface area contributed by atoms with Crippen LogP contribution in [0.3, 0.4) is 0 Å². The predicted octanol–water partition coefficient (Wildman–Crippen LogP) is 2.22. The minimum Gasteiger partial charge on any atom is -0.350 e. The number of nitrogens with zero attached hydrogens (tertiary/aromatic N) is 2. The summed E-state index contributed by atoms with van der Waals surface area (Å²) in [7, 11) is 6.31. The normalized spacial score (nSPS) is 11.6. The lowest BCUT2D eigenvalue weighted by Gasteiger charge is -2.15. The van der Waals surface area contributed by atoms with Gasteiger partial charge in [0, 0.05) is 30.7 Å². The molecule has 1 heterocycles. The van der Waals surface area contributed by atoms with E-state index in [1.165, 1.54) is 22.9 Å². The molecule has 1 N–H and O–H groups in total. The molecule has 0 saturated carbocycles. The van der Waals surface area contributed by atoms with Crippen LogP contribution in [-0.4, -0.2) is 36.7 Å². The fourth-order valence-electron chi connectivity index (χ4n) is 2.45. The van der Waals surface area contributed by atoms with Crippen molar-refractivity contribution in [1.29, 1.82) is 0 Å². The maximum Gasteiger partial charge on any atom is 0.0481 e. The number of aromatic nitrogens is 1. The maximum atomic E-state index is 3.19. The first-order valence-corrected chi connectivity index (χ1v) is 6.58. The van der Waals surface area contributed by atoms with Crippen LogP contribution in [0.5, 0.6) is 0 Å². The SMILES string of the molecule is CNCCCN(C)Cc1cn(C)c2ccccc12. The third kappa shape index (κ3) is 2.92. The summed E-state index contributed by atoms with van der Waals surface area (Å²) in [4.78, 5) is 2.39. The molecule has 0 saturated heterocycles. The van der Waals surface area contributed by atoms with Gasteiger partial charge >= 0.3 is 0 Å². The molecule has 0 aliphatic heterocycles. The molecule has 0 unspecified atom stereocenters. The number of aryl methyl sites for hydroxylation is 1. The Morgan fingerprint density at radius 2 is 2.06 bits per heavy atom. The van der Waals surface area contributed by atoms with Crippen LogP contribution in [0.1, 0.15) is 12.0 Å². The number of nitrogens with one attached hydrogen (secondary N) is 1. The first-order chi connectivity index (χ1) is 8.72. The molecule has 18 heavy (non-hydrogen) atoms. The Labute approximate surface area is 109 Å². The van der Waals surface area contributed by atoms with Crippen molar-refractivity contribution in [2.24, 2.45) is 7.05 Å². The van der Waals surface area contributed by atoms with Gasteiger partial charge in [-0.15, -0.1) is 0 Å². The first kappa shape index (κ1) is 13.1. The first-order valence-electron chi connectivity index (χ1n) is 6.58. The zero-order valence-electron chi connectivity index (χ0n) is 11.6. The minimum atomic E-state index is 1.02. The van der Waals surface area contributed by atoms with Crippen LogP contribution >= 0.6 is 0 Å². The van der Waals surface area contributed by atoms with E-state index in [9.17, 15) is 0 Å². The van der Waals surface area contributed by atoms with Crippen molar-refractivity contribution in [1.82, 2.24) is 14.8 Å². The van der Waals surface area contributed by atoms with Crippen LogP contribution in [0, 0.1) is 0 Å². The van der Waals surface area contributed by atoms with E-state index in [-0.39, 0.29) is 0 Å². The molecule has 0 radical (unpaired) electrons. The number of fused-ring (bicyclic) bond motifs is 1. The highest BCUT2D eigenvalue weighted by Crippen LogP contribution is 2.21. The van der Waals surface area contributed by atoms with Gasteiger partial charge in [0.15, 0.2) is 0 Å². The van der Waals surface area contributed by atoms with E-state index >= 15 is 0 Å². The van der Waals surface area contributed by atoms with Gasteiger partial charge in [0.2, 0.25) is 0 Å². The van der Waals surface area contributed by atoms with Gasteiger partial charge in [-0.3, -0.25) is 0 Å². The molecule has 3 heteroatoms. The quantitative estimate of drug-likeness (QED) is 0.788. The second-order valence-corrected chi connectivity index (χ2v) is 4.98. The van der Waals surface area contributed by atoms with Crippen molar-refractivity contribution in [2.75, 3.05) is 27.2 Å². The van der Waals surface area contributed by atoms with Crippen LogP contribution in [0.2, 0.25) is 0 Å². The average Bonchev–Trinajstić information content (AvgIpc) is 2.67. The van der Waals surface area contributed by atoms with Crippen molar-refractivity contribution in [2.45, 2.75) is 13.0 Å². The highest BCUT2D eigenvalue weighted by atomic mass is 15.1. The van der Waals surface area contributed by atoms with Crippen LogP contribution in [-0.2, 0) is 13.6 Å². The number of hydrogen-bond acceptors (Lipinski definition) is 2. The van der Waals surface area contributed by atoms with Crippen LogP contribution in [0.4, 0.5) is 0 Å². The van der Waals surface area contributed by atoms with E-state index in [0.29, 0.717) is 0 Å². The lowest BCUT2D eigenvalue weighted by Crippen LogP contribution is -2.22. The fourth-order valence-corrected chi connectivity index (χ4v) is 2.45. The van der Waals surface area contributed by atoms with Gasteiger partial charge in [-0.25, -0.2) is 0 Å². The van der Waals surface area contributed by atoms with Crippen molar-refractivity contribution in [3.05, 3.63) is 36.0 Å². The predicted molar refractivity (Wildman–Crippen MR) is 77.8 cm³/mol. The molecule has 0 amide bonds. The topological polar surface area (TPSA) is 20.2 Å². The Hall–Kier alpha value is -1.32. The highest BCUT2D eigenvalue weighted by molar-refractivity contribution is 5.83. The van der Waals surface area contributed by atoms with E-state index in [1.807, 2.05) is 7.05 Å². The second kappa shape index (κ2) is 6.03. The fraction of sp³-hybridized carbons (Fsp3) is 0.467. The Morgan fingerprint density at radius 3 is 2.83 bits per heavy atom. The molecule has 0 spiro atoms. The summed E-state index contributed by atoms with van der Waals surface area (Å²) in [5.74, 6) is 0. The lowest BCUT2D eigenvalue weighted by molar-refractivity contribution is 0.322. The molecule has 2 rings (SSSR count). The third-order valence-corrected chi connectivity index (χ3v) is 3.39. The Morgan fingerprint density at radius 1 is 1.28 bits per heavy atom. The van der Waals surface area contributed by atoms with E-state index < -0.39 is 0 Å². The molecule has 2 aromatic rings. The molecular formula is C15H23N3. The molecule has 0 atom stereocenters. The van der Waals surface area contributed by atoms with Gasteiger partial charge < -0.3 is 14.8 Å². The largest absolute Gasteiger partial charge is 0.350 e. The van der Waals surface area contributed by atoms with E-state index in [4.69, 9.17) is 0 Å². The number of para-hydroxylation sites is 1. The summed E-state index contributed by atoms with van der Waals surface area (Å²) in [6.45, 7) is 3.23. The van der Waals surface area contributed by atoms with E-state index in [0.717, 1.165) is 19.6 Å². The minimum absolute atomic E-state index is 1.02. The maximum absolute atomic E-state index is 3.19. The monoisotopic (exact) mass is 245 g/mol. The van der Waals surface area contributed by atoms with Gasteiger partial charge in [0.25, 0.3) is 0 Å². The molecule has 1 aromatic carbocycles. The molecular weight excluding hydrogens is 222 g/mol. The van der Waals surface area contributed by atoms with Gasteiger partial charge in [-0.1, -0.05) is 18.2 Å². The molecule has 0 fully saturated rings. The number of hydrogen-bond donors (Lipinski definition) is 1. The lowest BCUT2D eigenvalue weighted by atomic mass is 10.1. The van der Waals surface area contributed by atoms with E-state index in [2.05, 4.69) is 59.3 Å².